The highest BCUT2D eigenvalue weighted by Gasteiger charge is 2.21. The summed E-state index contributed by atoms with van der Waals surface area (Å²) in [6.45, 7) is 1.86. The lowest BCUT2D eigenvalue weighted by molar-refractivity contribution is 0.578. The summed E-state index contributed by atoms with van der Waals surface area (Å²) in [6, 6.07) is 6.60. The summed E-state index contributed by atoms with van der Waals surface area (Å²) in [5.41, 5.74) is 1.82. The summed E-state index contributed by atoms with van der Waals surface area (Å²) >= 11 is 12.0. The van der Waals surface area contributed by atoms with Gasteiger partial charge in [-0.15, -0.1) is 0 Å². The quantitative estimate of drug-likeness (QED) is 0.738. The molecule has 0 saturated heterocycles. The smallest absolute Gasteiger partial charge is 0.258 e. The SMILES string of the molecule is Cc1cc(Cl)cc(Cl)c1CNS(=O)(=O)c1[nH]nc2ncccc12. The van der Waals surface area contributed by atoms with Crippen molar-refractivity contribution in [3.63, 3.8) is 0 Å². The third kappa shape index (κ3) is 3.18. The third-order valence-electron chi connectivity index (χ3n) is 3.39. The number of sulfonamides is 1. The number of aromatic nitrogens is 3. The summed E-state index contributed by atoms with van der Waals surface area (Å²) in [7, 11) is -3.79. The Labute approximate surface area is 142 Å². The van der Waals surface area contributed by atoms with Crippen LogP contribution in [0.1, 0.15) is 11.1 Å². The van der Waals surface area contributed by atoms with Crippen molar-refractivity contribution < 1.29 is 8.42 Å². The number of nitrogens with one attached hydrogen (secondary N) is 2. The molecule has 9 heteroatoms. The van der Waals surface area contributed by atoms with E-state index in [4.69, 9.17) is 23.2 Å². The Balaban J connectivity index is 1.91. The highest BCUT2D eigenvalue weighted by molar-refractivity contribution is 7.89. The van der Waals surface area contributed by atoms with Crippen molar-refractivity contribution in [1.82, 2.24) is 19.9 Å². The standard InChI is InChI=1S/C14H12Cl2N4O2S/c1-8-5-9(15)6-12(16)11(8)7-18-23(21,22)14-10-3-2-4-17-13(10)19-20-14/h2-6,18H,7H2,1H3,(H,17,19,20). The van der Waals surface area contributed by atoms with Crippen molar-refractivity contribution in [2.45, 2.75) is 18.5 Å². The maximum Gasteiger partial charge on any atom is 0.258 e. The predicted molar refractivity (Wildman–Crippen MR) is 89.1 cm³/mol. The predicted octanol–water partition coefficient (Wildman–Crippen LogP) is 3.05. The van der Waals surface area contributed by atoms with Crippen LogP contribution in [0.4, 0.5) is 0 Å². The summed E-state index contributed by atoms with van der Waals surface area (Å²) in [4.78, 5) is 4.00. The van der Waals surface area contributed by atoms with E-state index >= 15 is 0 Å². The molecule has 0 amide bonds. The summed E-state index contributed by atoms with van der Waals surface area (Å²) in [5.74, 6) is 0. The van der Waals surface area contributed by atoms with E-state index in [0.29, 0.717) is 26.6 Å². The largest absolute Gasteiger partial charge is 0.263 e. The second-order valence-corrected chi connectivity index (χ2v) is 7.48. The topological polar surface area (TPSA) is 87.7 Å². The van der Waals surface area contributed by atoms with Gasteiger partial charge < -0.3 is 0 Å². The molecule has 23 heavy (non-hydrogen) atoms. The van der Waals surface area contributed by atoms with Crippen molar-refractivity contribution in [1.29, 1.82) is 0 Å². The second-order valence-electron chi connectivity index (χ2n) is 4.93. The van der Waals surface area contributed by atoms with E-state index in [0.717, 1.165) is 5.56 Å². The summed E-state index contributed by atoms with van der Waals surface area (Å²) in [6.07, 6.45) is 1.55. The first-order valence-electron chi connectivity index (χ1n) is 6.62. The molecule has 0 aliphatic rings. The first kappa shape index (κ1) is 16.2. The zero-order valence-electron chi connectivity index (χ0n) is 12.0. The lowest BCUT2D eigenvalue weighted by atomic mass is 10.1. The Hall–Kier alpha value is -1.67. The number of aryl methyl sites for hydroxylation is 1. The molecule has 2 aromatic heterocycles. The molecule has 120 valence electrons. The maximum absolute atomic E-state index is 12.5. The lowest BCUT2D eigenvalue weighted by Crippen LogP contribution is -2.24. The second kappa shape index (κ2) is 6.09. The Kier molecular flexibility index (Phi) is 4.29. The average molecular weight is 371 g/mol. The van der Waals surface area contributed by atoms with Crippen LogP contribution in [0.2, 0.25) is 10.0 Å². The van der Waals surface area contributed by atoms with E-state index in [9.17, 15) is 8.42 Å². The molecule has 0 aliphatic carbocycles. The number of H-pyrrole nitrogens is 1. The fraction of sp³-hybridized carbons (Fsp3) is 0.143. The van der Waals surface area contributed by atoms with Crippen LogP contribution >= 0.6 is 23.2 Å². The van der Waals surface area contributed by atoms with Gasteiger partial charge in [0.15, 0.2) is 10.7 Å². The van der Waals surface area contributed by atoms with Gasteiger partial charge in [0.05, 0.1) is 5.39 Å². The van der Waals surface area contributed by atoms with Gasteiger partial charge in [-0.25, -0.2) is 18.1 Å². The van der Waals surface area contributed by atoms with E-state index in [1.807, 2.05) is 6.92 Å². The van der Waals surface area contributed by atoms with Crippen LogP contribution in [0.15, 0.2) is 35.5 Å². The molecule has 0 saturated carbocycles. The van der Waals surface area contributed by atoms with Crippen LogP contribution in [0.25, 0.3) is 11.0 Å². The highest BCUT2D eigenvalue weighted by atomic mass is 35.5. The molecule has 0 unspecified atom stereocenters. The summed E-state index contributed by atoms with van der Waals surface area (Å²) in [5, 5.41) is 7.72. The van der Waals surface area contributed by atoms with E-state index in [1.54, 1.807) is 30.5 Å². The molecule has 2 N–H and O–H groups in total. The van der Waals surface area contributed by atoms with Crippen LogP contribution in [-0.2, 0) is 16.6 Å². The molecule has 2 heterocycles. The number of rotatable bonds is 4. The van der Waals surface area contributed by atoms with Gasteiger partial charge in [0.1, 0.15) is 0 Å². The van der Waals surface area contributed by atoms with Crippen LogP contribution in [0, 0.1) is 6.92 Å². The normalized spacial score (nSPS) is 12.0. The average Bonchev–Trinajstić information content (AvgIpc) is 2.90. The zero-order valence-corrected chi connectivity index (χ0v) is 14.3. The molecule has 6 nitrogen and oxygen atoms in total. The van der Waals surface area contributed by atoms with Crippen molar-refractivity contribution in [2.75, 3.05) is 0 Å². The van der Waals surface area contributed by atoms with Crippen LogP contribution < -0.4 is 4.72 Å². The fourth-order valence-corrected chi connectivity index (χ4v) is 3.98. The van der Waals surface area contributed by atoms with Crippen LogP contribution in [0.5, 0.6) is 0 Å². The number of fused-ring (bicyclic) bond motifs is 1. The zero-order chi connectivity index (χ0) is 16.6. The Bertz CT molecular complexity index is 962. The number of halogens is 2. The van der Waals surface area contributed by atoms with Gasteiger partial charge in [0.2, 0.25) is 0 Å². The molecular weight excluding hydrogens is 359 g/mol. The number of hydrogen-bond donors (Lipinski definition) is 2. The van der Waals surface area contributed by atoms with Gasteiger partial charge >= 0.3 is 0 Å². The van der Waals surface area contributed by atoms with Gasteiger partial charge in [-0.05, 0) is 42.3 Å². The van der Waals surface area contributed by atoms with Gasteiger partial charge in [-0.3, -0.25) is 5.10 Å². The molecule has 0 radical (unpaired) electrons. The fourth-order valence-electron chi connectivity index (χ4n) is 2.23. The van der Waals surface area contributed by atoms with E-state index in [-0.39, 0.29) is 11.6 Å². The van der Waals surface area contributed by atoms with Crippen LogP contribution in [-0.4, -0.2) is 23.6 Å². The van der Waals surface area contributed by atoms with Crippen molar-refractivity contribution in [3.05, 3.63) is 51.6 Å². The number of hydrogen-bond acceptors (Lipinski definition) is 4. The lowest BCUT2D eigenvalue weighted by Gasteiger charge is -2.10. The number of aromatic amines is 1. The van der Waals surface area contributed by atoms with Gasteiger partial charge in [0.25, 0.3) is 10.0 Å². The molecule has 0 spiro atoms. The Morgan fingerprint density at radius 3 is 2.83 bits per heavy atom. The van der Waals surface area contributed by atoms with Gasteiger partial charge in [-0.2, -0.15) is 5.10 Å². The minimum atomic E-state index is -3.79. The molecule has 0 aliphatic heterocycles. The van der Waals surface area contributed by atoms with Gasteiger partial charge in [0, 0.05) is 22.8 Å². The monoisotopic (exact) mass is 370 g/mol. The van der Waals surface area contributed by atoms with Crippen LogP contribution in [0.3, 0.4) is 0 Å². The summed E-state index contributed by atoms with van der Waals surface area (Å²) < 4.78 is 27.5. The maximum atomic E-state index is 12.5. The highest BCUT2D eigenvalue weighted by Crippen LogP contribution is 2.25. The van der Waals surface area contributed by atoms with Crippen molar-refractivity contribution >= 4 is 44.3 Å². The number of benzene rings is 1. The van der Waals surface area contributed by atoms with Crippen molar-refractivity contribution in [2.24, 2.45) is 0 Å². The van der Waals surface area contributed by atoms with Gasteiger partial charge in [-0.1, -0.05) is 23.2 Å². The molecular formula is C14H12Cl2N4O2S. The minimum Gasteiger partial charge on any atom is -0.263 e. The molecule has 3 rings (SSSR count). The number of nitrogens with zero attached hydrogens (tertiary/aromatic N) is 2. The van der Waals surface area contributed by atoms with E-state index in [2.05, 4.69) is 19.9 Å². The number of pyridine rings is 1. The van der Waals surface area contributed by atoms with E-state index < -0.39 is 10.0 Å². The van der Waals surface area contributed by atoms with Crippen molar-refractivity contribution in [3.8, 4) is 0 Å². The molecule has 0 bridgehead atoms. The first-order valence-corrected chi connectivity index (χ1v) is 8.85. The van der Waals surface area contributed by atoms with E-state index in [1.165, 1.54) is 0 Å². The molecule has 3 aromatic rings. The first-order chi connectivity index (χ1) is 10.9. The minimum absolute atomic E-state index is 0.0247. The molecule has 1 aromatic carbocycles. The third-order valence-corrected chi connectivity index (χ3v) is 5.31. The molecule has 0 atom stereocenters. The molecule has 0 fully saturated rings. The Morgan fingerprint density at radius 1 is 1.30 bits per heavy atom. The Morgan fingerprint density at radius 2 is 2.09 bits per heavy atom.